The zero-order valence-corrected chi connectivity index (χ0v) is 14.3. The molecule has 0 aliphatic heterocycles. The van der Waals surface area contributed by atoms with E-state index in [9.17, 15) is 23.6 Å². The minimum atomic E-state index is -3.92. The van der Waals surface area contributed by atoms with E-state index >= 15 is 0 Å². The fourth-order valence-corrected chi connectivity index (χ4v) is 2.95. The molecule has 0 unspecified atom stereocenters. The predicted molar refractivity (Wildman–Crippen MR) is 93.3 cm³/mol. The topological polar surface area (TPSA) is 125 Å². The molecule has 9 nitrogen and oxygen atoms in total. The highest BCUT2D eigenvalue weighted by Crippen LogP contribution is 2.28. The number of nitro benzene ring substituents is 1. The van der Waals surface area contributed by atoms with Crippen molar-refractivity contribution in [1.82, 2.24) is 4.31 Å². The number of rotatable bonds is 6. The van der Waals surface area contributed by atoms with Crippen LogP contribution in [0.3, 0.4) is 0 Å². The number of para-hydroxylation sites is 1. The number of hydrazone groups is 1. The lowest BCUT2D eigenvalue weighted by Gasteiger charge is -2.14. The van der Waals surface area contributed by atoms with Crippen LogP contribution in [0.1, 0.15) is 5.56 Å². The summed E-state index contributed by atoms with van der Waals surface area (Å²) >= 11 is 0. The second-order valence-corrected chi connectivity index (χ2v) is 7.27. The van der Waals surface area contributed by atoms with Crippen LogP contribution in [-0.4, -0.2) is 43.1 Å². The van der Waals surface area contributed by atoms with Gasteiger partial charge < -0.3 is 5.11 Å². The highest BCUT2D eigenvalue weighted by molar-refractivity contribution is 7.89. The van der Waals surface area contributed by atoms with Gasteiger partial charge in [0.2, 0.25) is 10.0 Å². The molecule has 25 heavy (non-hydrogen) atoms. The molecule has 0 saturated carbocycles. The highest BCUT2D eigenvalue weighted by atomic mass is 32.2. The molecular weight excluding hydrogens is 348 g/mol. The SMILES string of the molecule is CN(C)S(=O)(=O)c1cc([N+](=O)[O-])ccc1N/N=C\c1ccccc1O. The maximum absolute atomic E-state index is 12.4. The van der Waals surface area contributed by atoms with Crippen molar-refractivity contribution in [2.75, 3.05) is 19.5 Å². The van der Waals surface area contributed by atoms with Crippen molar-refractivity contribution in [3.05, 3.63) is 58.1 Å². The molecule has 2 N–H and O–H groups in total. The third-order valence-corrected chi connectivity index (χ3v) is 5.12. The number of phenolic OH excluding ortho intramolecular Hbond substituents is 1. The first-order valence-corrected chi connectivity index (χ1v) is 8.45. The zero-order chi connectivity index (χ0) is 18.6. The number of aromatic hydroxyl groups is 1. The number of non-ortho nitro benzene ring substituents is 1. The van der Waals surface area contributed by atoms with Crippen LogP contribution in [0.2, 0.25) is 0 Å². The lowest BCUT2D eigenvalue weighted by molar-refractivity contribution is -0.385. The summed E-state index contributed by atoms with van der Waals surface area (Å²) in [6.07, 6.45) is 1.31. The van der Waals surface area contributed by atoms with Crippen molar-refractivity contribution in [2.45, 2.75) is 4.90 Å². The van der Waals surface area contributed by atoms with Crippen molar-refractivity contribution in [2.24, 2.45) is 5.10 Å². The number of anilines is 1. The number of phenols is 1. The van der Waals surface area contributed by atoms with E-state index in [-0.39, 0.29) is 22.0 Å². The van der Waals surface area contributed by atoms with Crippen molar-refractivity contribution < 1.29 is 18.4 Å². The van der Waals surface area contributed by atoms with Gasteiger partial charge in [0, 0.05) is 31.8 Å². The molecule has 132 valence electrons. The van der Waals surface area contributed by atoms with Crippen LogP contribution < -0.4 is 5.43 Å². The van der Waals surface area contributed by atoms with Crippen LogP contribution in [0.15, 0.2) is 52.5 Å². The van der Waals surface area contributed by atoms with Gasteiger partial charge in [0.25, 0.3) is 5.69 Å². The van der Waals surface area contributed by atoms with Gasteiger partial charge in [-0.3, -0.25) is 15.5 Å². The summed E-state index contributed by atoms with van der Waals surface area (Å²) in [6, 6.07) is 9.85. The van der Waals surface area contributed by atoms with E-state index in [0.717, 1.165) is 10.4 Å². The van der Waals surface area contributed by atoms with Crippen molar-refractivity contribution in [3.8, 4) is 5.75 Å². The molecule has 0 fully saturated rings. The Kier molecular flexibility index (Phi) is 5.35. The van der Waals surface area contributed by atoms with E-state index in [1.807, 2.05) is 0 Å². The molecule has 0 heterocycles. The molecule has 0 spiro atoms. The second-order valence-electron chi connectivity index (χ2n) is 5.15. The van der Waals surface area contributed by atoms with Gasteiger partial charge in [-0.25, -0.2) is 12.7 Å². The van der Waals surface area contributed by atoms with Crippen LogP contribution in [0.4, 0.5) is 11.4 Å². The smallest absolute Gasteiger partial charge is 0.270 e. The van der Waals surface area contributed by atoms with Crippen LogP contribution >= 0.6 is 0 Å². The largest absolute Gasteiger partial charge is 0.507 e. The molecule has 0 radical (unpaired) electrons. The van der Waals surface area contributed by atoms with Gasteiger partial charge in [-0.1, -0.05) is 12.1 Å². The molecule has 0 aliphatic carbocycles. The average Bonchev–Trinajstić information content (AvgIpc) is 2.56. The van der Waals surface area contributed by atoms with Gasteiger partial charge in [0.1, 0.15) is 10.6 Å². The number of hydrogen-bond donors (Lipinski definition) is 2. The van der Waals surface area contributed by atoms with Gasteiger partial charge in [0.05, 0.1) is 16.8 Å². The Morgan fingerprint density at radius 1 is 1.24 bits per heavy atom. The number of sulfonamides is 1. The van der Waals surface area contributed by atoms with Gasteiger partial charge in [-0.05, 0) is 18.2 Å². The zero-order valence-electron chi connectivity index (χ0n) is 13.4. The first-order chi connectivity index (χ1) is 11.7. The Bertz CT molecular complexity index is 925. The second kappa shape index (κ2) is 7.28. The summed E-state index contributed by atoms with van der Waals surface area (Å²) in [4.78, 5) is 9.96. The Morgan fingerprint density at radius 2 is 1.92 bits per heavy atom. The molecule has 0 aromatic heterocycles. The average molecular weight is 364 g/mol. The Labute approximate surface area is 144 Å². The van der Waals surface area contributed by atoms with Gasteiger partial charge >= 0.3 is 0 Å². The minimum absolute atomic E-state index is 0.0119. The van der Waals surface area contributed by atoms with Crippen molar-refractivity contribution in [1.29, 1.82) is 0 Å². The molecule has 2 aromatic rings. The van der Waals surface area contributed by atoms with Gasteiger partial charge in [0.15, 0.2) is 0 Å². The number of nitrogens with zero attached hydrogens (tertiary/aromatic N) is 3. The number of hydrogen-bond acceptors (Lipinski definition) is 7. The maximum Gasteiger partial charge on any atom is 0.270 e. The van der Waals surface area contributed by atoms with Crippen LogP contribution in [0.25, 0.3) is 0 Å². The fourth-order valence-electron chi connectivity index (χ4n) is 1.90. The standard InChI is InChI=1S/C15H16N4O5S/c1-18(2)25(23,24)15-9-12(19(21)22)7-8-13(15)17-16-10-11-5-3-4-6-14(11)20/h3-10,17,20H,1-2H3/b16-10-. The molecule has 0 atom stereocenters. The van der Waals surface area contributed by atoms with E-state index in [0.29, 0.717) is 5.56 Å². The summed E-state index contributed by atoms with van der Waals surface area (Å²) in [5.41, 5.74) is 2.69. The molecule has 0 bridgehead atoms. The fraction of sp³-hybridized carbons (Fsp3) is 0.133. The Balaban J connectivity index is 2.40. The molecule has 10 heteroatoms. The summed E-state index contributed by atoms with van der Waals surface area (Å²) < 4.78 is 25.7. The summed E-state index contributed by atoms with van der Waals surface area (Å²) in [5, 5.41) is 24.5. The van der Waals surface area contributed by atoms with Gasteiger partial charge in [-0.15, -0.1) is 0 Å². The highest BCUT2D eigenvalue weighted by Gasteiger charge is 2.24. The molecule has 2 rings (SSSR count). The lowest BCUT2D eigenvalue weighted by Crippen LogP contribution is -2.23. The van der Waals surface area contributed by atoms with Crippen molar-refractivity contribution >= 4 is 27.6 Å². The van der Waals surface area contributed by atoms with E-state index < -0.39 is 14.9 Å². The maximum atomic E-state index is 12.4. The third kappa shape index (κ3) is 4.11. The van der Waals surface area contributed by atoms with Gasteiger partial charge in [-0.2, -0.15) is 5.10 Å². The minimum Gasteiger partial charge on any atom is -0.507 e. The quantitative estimate of drug-likeness (QED) is 0.459. The first-order valence-electron chi connectivity index (χ1n) is 7.01. The number of benzene rings is 2. The lowest BCUT2D eigenvalue weighted by atomic mass is 10.2. The summed E-state index contributed by atoms with van der Waals surface area (Å²) in [5.74, 6) is 0.0119. The predicted octanol–water partition coefficient (Wildman–Crippen LogP) is 2.00. The Morgan fingerprint density at radius 3 is 2.52 bits per heavy atom. The molecule has 0 aliphatic rings. The molecule has 0 amide bonds. The number of nitrogens with one attached hydrogen (secondary N) is 1. The van der Waals surface area contributed by atoms with Crippen molar-refractivity contribution in [3.63, 3.8) is 0 Å². The molecular formula is C15H16N4O5S. The molecule has 2 aromatic carbocycles. The first kappa shape index (κ1) is 18.4. The van der Waals surface area contributed by atoms with Crippen LogP contribution in [-0.2, 0) is 10.0 Å². The summed E-state index contributed by atoms with van der Waals surface area (Å²) in [7, 11) is -1.28. The van der Waals surface area contributed by atoms with Crippen LogP contribution in [0.5, 0.6) is 5.75 Å². The van der Waals surface area contributed by atoms with Crippen LogP contribution in [0, 0.1) is 10.1 Å². The Hall–Kier alpha value is -2.98. The van der Waals surface area contributed by atoms with E-state index in [1.54, 1.807) is 18.2 Å². The van der Waals surface area contributed by atoms with E-state index in [1.165, 1.54) is 38.5 Å². The summed E-state index contributed by atoms with van der Waals surface area (Å²) in [6.45, 7) is 0. The monoisotopic (exact) mass is 364 g/mol. The van der Waals surface area contributed by atoms with E-state index in [2.05, 4.69) is 10.5 Å². The third-order valence-electron chi connectivity index (χ3n) is 3.26. The number of nitro groups is 1. The van der Waals surface area contributed by atoms with E-state index in [4.69, 9.17) is 0 Å². The normalized spacial score (nSPS) is 11.8. The molecule has 0 saturated heterocycles.